The zero-order valence-electron chi connectivity index (χ0n) is 31.2. The molecule has 1 heterocycles. The van der Waals surface area contributed by atoms with Gasteiger partial charge in [0.05, 0.1) is 5.41 Å². The van der Waals surface area contributed by atoms with E-state index < -0.39 is 5.41 Å². The molecule has 264 valence electrons. The van der Waals surface area contributed by atoms with Crippen LogP contribution in [0.3, 0.4) is 0 Å². The molecule has 0 saturated carbocycles. The maximum absolute atomic E-state index is 5.15. The first-order chi connectivity index (χ1) is 27.5. The minimum atomic E-state index is -0.506. The molecule has 2 aliphatic carbocycles. The molecule has 8 aromatic carbocycles. The van der Waals surface area contributed by atoms with Crippen molar-refractivity contribution in [1.82, 2.24) is 15.0 Å². The largest absolute Gasteiger partial charge is 0.208 e. The second kappa shape index (κ2) is 12.3. The minimum absolute atomic E-state index is 0.166. The second-order valence-electron chi connectivity index (χ2n) is 15.5. The summed E-state index contributed by atoms with van der Waals surface area (Å²) in [4.78, 5) is 15.3. The average molecular weight is 716 g/mol. The second-order valence-corrected chi connectivity index (χ2v) is 15.5. The first kappa shape index (κ1) is 32.5. The molecule has 0 unspecified atom stereocenters. The van der Waals surface area contributed by atoms with E-state index in [4.69, 9.17) is 15.0 Å². The lowest BCUT2D eigenvalue weighted by molar-refractivity contribution is 0.564. The third kappa shape index (κ3) is 4.55. The smallest absolute Gasteiger partial charge is 0.164 e. The summed E-state index contributed by atoms with van der Waals surface area (Å²) in [5.41, 5.74) is 15.3. The molecule has 0 atom stereocenters. The van der Waals surface area contributed by atoms with Crippen LogP contribution in [0.15, 0.2) is 188 Å². The van der Waals surface area contributed by atoms with Crippen molar-refractivity contribution in [1.29, 1.82) is 0 Å². The topological polar surface area (TPSA) is 38.7 Å². The van der Waals surface area contributed by atoms with Crippen LogP contribution >= 0.6 is 0 Å². The van der Waals surface area contributed by atoms with Crippen LogP contribution < -0.4 is 0 Å². The van der Waals surface area contributed by atoms with Gasteiger partial charge in [0.15, 0.2) is 17.5 Å². The molecule has 3 nitrogen and oxygen atoms in total. The van der Waals surface area contributed by atoms with Crippen molar-refractivity contribution in [3.8, 4) is 56.4 Å². The predicted octanol–water partition coefficient (Wildman–Crippen LogP) is 12.7. The van der Waals surface area contributed by atoms with Gasteiger partial charge in [0.25, 0.3) is 0 Å². The SMILES string of the molecule is CC1(C)c2ccccc2C2(c3ccccc3-c3cccc(-c4cccc5c(-c6nc(-c7ccccc7)nc(-c7ccccc7)n6)cccc45)c32)c2ccccc21. The molecule has 2 aliphatic rings. The molecular formula is C53H37N3. The van der Waals surface area contributed by atoms with Crippen LogP contribution in [0.1, 0.15) is 47.2 Å². The predicted molar refractivity (Wildman–Crippen MR) is 229 cm³/mol. The van der Waals surface area contributed by atoms with Gasteiger partial charge in [0.2, 0.25) is 0 Å². The van der Waals surface area contributed by atoms with Crippen molar-refractivity contribution in [3.63, 3.8) is 0 Å². The average Bonchev–Trinajstić information content (AvgIpc) is 3.57. The van der Waals surface area contributed by atoms with Gasteiger partial charge in [-0.3, -0.25) is 0 Å². The van der Waals surface area contributed by atoms with Gasteiger partial charge < -0.3 is 0 Å². The number of rotatable bonds is 4. The van der Waals surface area contributed by atoms with E-state index in [9.17, 15) is 0 Å². The Bertz CT molecular complexity index is 2890. The molecule has 0 aliphatic heterocycles. The van der Waals surface area contributed by atoms with Crippen LogP contribution in [-0.4, -0.2) is 15.0 Å². The van der Waals surface area contributed by atoms with E-state index in [0.29, 0.717) is 17.5 Å². The van der Waals surface area contributed by atoms with Gasteiger partial charge in [0.1, 0.15) is 0 Å². The van der Waals surface area contributed by atoms with Crippen LogP contribution in [-0.2, 0) is 10.8 Å². The third-order valence-electron chi connectivity index (χ3n) is 12.2. The Morgan fingerprint density at radius 2 is 0.696 bits per heavy atom. The fraction of sp³-hybridized carbons (Fsp3) is 0.0755. The highest BCUT2D eigenvalue weighted by molar-refractivity contribution is 6.06. The summed E-state index contributed by atoms with van der Waals surface area (Å²) >= 11 is 0. The van der Waals surface area contributed by atoms with Crippen LogP contribution in [0, 0.1) is 0 Å². The number of hydrogen-bond acceptors (Lipinski definition) is 3. The van der Waals surface area contributed by atoms with Crippen molar-refractivity contribution in [3.05, 3.63) is 221 Å². The Morgan fingerprint density at radius 1 is 0.304 bits per heavy atom. The third-order valence-corrected chi connectivity index (χ3v) is 12.2. The van der Waals surface area contributed by atoms with Crippen LogP contribution in [0.2, 0.25) is 0 Å². The summed E-state index contributed by atoms with van der Waals surface area (Å²) in [5, 5.41) is 2.26. The maximum Gasteiger partial charge on any atom is 0.164 e. The molecule has 0 amide bonds. The normalized spacial score (nSPS) is 14.2. The number of fused-ring (bicyclic) bond motifs is 10. The summed E-state index contributed by atoms with van der Waals surface area (Å²) < 4.78 is 0. The van der Waals surface area contributed by atoms with E-state index in [1.165, 1.54) is 55.6 Å². The van der Waals surface area contributed by atoms with Crippen molar-refractivity contribution in [2.45, 2.75) is 24.7 Å². The zero-order valence-corrected chi connectivity index (χ0v) is 31.2. The van der Waals surface area contributed by atoms with Crippen molar-refractivity contribution in [2.24, 2.45) is 0 Å². The Balaban J connectivity index is 1.19. The van der Waals surface area contributed by atoms with E-state index in [-0.39, 0.29) is 5.41 Å². The van der Waals surface area contributed by atoms with E-state index in [1.807, 2.05) is 36.4 Å². The lowest BCUT2D eigenvalue weighted by Crippen LogP contribution is -2.40. The quantitative estimate of drug-likeness (QED) is 0.182. The van der Waals surface area contributed by atoms with Crippen molar-refractivity contribution in [2.75, 3.05) is 0 Å². The molecule has 1 aromatic heterocycles. The summed E-state index contributed by atoms with van der Waals surface area (Å²) in [7, 11) is 0. The molecule has 0 fully saturated rings. The molecule has 0 bridgehead atoms. The summed E-state index contributed by atoms with van der Waals surface area (Å²) in [6, 6.07) is 67.9. The van der Waals surface area contributed by atoms with Crippen LogP contribution in [0.4, 0.5) is 0 Å². The molecule has 56 heavy (non-hydrogen) atoms. The lowest BCUT2D eigenvalue weighted by atomic mass is 9.55. The number of benzene rings is 8. The monoisotopic (exact) mass is 715 g/mol. The van der Waals surface area contributed by atoms with Gasteiger partial charge in [-0.1, -0.05) is 202 Å². The van der Waals surface area contributed by atoms with Crippen molar-refractivity contribution < 1.29 is 0 Å². The molecule has 0 saturated heterocycles. The molecule has 11 rings (SSSR count). The standard InChI is InChI=1S/C53H37N3/c1-52(2)44-30-11-13-32-46(44)53(47-33-14-12-31-45(47)52)43-29-10-9-22-39(43)41-27-17-26-40(48(41)53)37-24-15-25-38-36(37)23-16-28-42(38)51-55-49(34-18-5-3-6-19-34)54-50(56-51)35-20-7-4-8-21-35/h3-33H,1-2H3. The highest BCUT2D eigenvalue weighted by Gasteiger charge is 2.54. The van der Waals surface area contributed by atoms with Gasteiger partial charge >= 0.3 is 0 Å². The lowest BCUT2D eigenvalue weighted by Gasteiger charge is -2.47. The van der Waals surface area contributed by atoms with Gasteiger partial charge in [-0.25, -0.2) is 15.0 Å². The van der Waals surface area contributed by atoms with Crippen LogP contribution in [0.25, 0.3) is 67.2 Å². The number of nitrogens with zero attached hydrogens (tertiary/aromatic N) is 3. The molecule has 3 heteroatoms. The Labute approximate surface area is 327 Å². The van der Waals surface area contributed by atoms with Gasteiger partial charge in [-0.15, -0.1) is 0 Å². The molecule has 1 spiro atoms. The molecular weight excluding hydrogens is 679 g/mol. The summed E-state index contributed by atoms with van der Waals surface area (Å²) in [5.74, 6) is 1.96. The number of aromatic nitrogens is 3. The Morgan fingerprint density at radius 3 is 1.29 bits per heavy atom. The zero-order chi connectivity index (χ0) is 37.4. The highest BCUT2D eigenvalue weighted by atomic mass is 15.0. The minimum Gasteiger partial charge on any atom is -0.208 e. The van der Waals surface area contributed by atoms with Crippen molar-refractivity contribution >= 4 is 10.8 Å². The molecule has 0 N–H and O–H groups in total. The summed E-state index contributed by atoms with van der Waals surface area (Å²) in [6.07, 6.45) is 0. The Kier molecular flexibility index (Phi) is 7.11. The van der Waals surface area contributed by atoms with Gasteiger partial charge in [0, 0.05) is 22.1 Å². The van der Waals surface area contributed by atoms with E-state index in [1.54, 1.807) is 0 Å². The number of hydrogen-bond donors (Lipinski definition) is 0. The fourth-order valence-electron chi connectivity index (χ4n) is 9.81. The van der Waals surface area contributed by atoms with Crippen LogP contribution in [0.5, 0.6) is 0 Å². The maximum atomic E-state index is 5.15. The molecule has 0 radical (unpaired) electrons. The van der Waals surface area contributed by atoms with Gasteiger partial charge in [-0.05, 0) is 66.4 Å². The first-order valence-corrected chi connectivity index (χ1v) is 19.4. The molecule has 9 aromatic rings. The van der Waals surface area contributed by atoms with E-state index >= 15 is 0 Å². The van der Waals surface area contributed by atoms with E-state index in [0.717, 1.165) is 27.5 Å². The first-order valence-electron chi connectivity index (χ1n) is 19.4. The van der Waals surface area contributed by atoms with Gasteiger partial charge in [-0.2, -0.15) is 0 Å². The van der Waals surface area contributed by atoms with E-state index in [2.05, 4.69) is 166 Å². The Hall–Kier alpha value is -6.97. The highest BCUT2D eigenvalue weighted by Crippen LogP contribution is 2.64. The fourth-order valence-corrected chi connectivity index (χ4v) is 9.81. The summed E-state index contributed by atoms with van der Waals surface area (Å²) in [6.45, 7) is 4.76.